The number of carbonyl (C=O) groups is 2. The largest absolute Gasteiger partial charge is 0.342 e. The second-order valence-corrected chi connectivity index (χ2v) is 6.47. The molecule has 0 bridgehead atoms. The molecular weight excluding hydrogens is 240 g/mol. The van der Waals surface area contributed by atoms with Crippen molar-refractivity contribution in [1.82, 2.24) is 10.2 Å². The van der Waals surface area contributed by atoms with Crippen LogP contribution in [-0.2, 0) is 9.59 Å². The Kier molecular flexibility index (Phi) is 3.88. The zero-order valence-electron chi connectivity index (χ0n) is 12.5. The third-order valence-electron chi connectivity index (χ3n) is 4.86. The van der Waals surface area contributed by atoms with Crippen molar-refractivity contribution < 1.29 is 9.59 Å². The zero-order chi connectivity index (χ0) is 14.2. The maximum absolute atomic E-state index is 12.8. The maximum atomic E-state index is 12.8. The number of piperazine rings is 1. The SMILES string of the molecule is CCC1(C)C(=O)NC(C(C)C)C(=O)N1C1CCCC1. The van der Waals surface area contributed by atoms with E-state index >= 15 is 0 Å². The van der Waals surface area contributed by atoms with E-state index in [4.69, 9.17) is 0 Å². The maximum Gasteiger partial charge on any atom is 0.246 e. The second kappa shape index (κ2) is 5.14. The number of hydrogen-bond acceptors (Lipinski definition) is 2. The van der Waals surface area contributed by atoms with E-state index in [9.17, 15) is 9.59 Å². The molecule has 1 saturated heterocycles. The van der Waals surface area contributed by atoms with Crippen molar-refractivity contribution >= 4 is 11.8 Å². The van der Waals surface area contributed by atoms with Gasteiger partial charge < -0.3 is 10.2 Å². The van der Waals surface area contributed by atoms with E-state index in [1.807, 2.05) is 32.6 Å². The molecule has 4 nitrogen and oxygen atoms in total. The van der Waals surface area contributed by atoms with E-state index < -0.39 is 5.54 Å². The van der Waals surface area contributed by atoms with Gasteiger partial charge in [-0.3, -0.25) is 9.59 Å². The van der Waals surface area contributed by atoms with E-state index in [1.54, 1.807) is 0 Å². The molecule has 2 aliphatic rings. The first kappa shape index (κ1) is 14.4. The van der Waals surface area contributed by atoms with Crippen LogP contribution in [-0.4, -0.2) is 34.3 Å². The molecule has 19 heavy (non-hydrogen) atoms. The second-order valence-electron chi connectivity index (χ2n) is 6.47. The Labute approximate surface area is 115 Å². The van der Waals surface area contributed by atoms with Gasteiger partial charge in [-0.15, -0.1) is 0 Å². The number of nitrogens with one attached hydrogen (secondary N) is 1. The number of nitrogens with zero attached hydrogens (tertiary/aromatic N) is 1. The van der Waals surface area contributed by atoms with Crippen LogP contribution in [0.3, 0.4) is 0 Å². The average molecular weight is 266 g/mol. The highest BCUT2D eigenvalue weighted by Crippen LogP contribution is 2.35. The number of hydrogen-bond donors (Lipinski definition) is 1. The fraction of sp³-hybridized carbons (Fsp3) is 0.867. The van der Waals surface area contributed by atoms with Crippen LogP contribution in [0, 0.1) is 5.92 Å². The van der Waals surface area contributed by atoms with Crippen molar-refractivity contribution in [3.05, 3.63) is 0 Å². The number of carbonyl (C=O) groups excluding carboxylic acids is 2. The van der Waals surface area contributed by atoms with Gasteiger partial charge in [0.25, 0.3) is 0 Å². The molecule has 1 heterocycles. The summed E-state index contributed by atoms with van der Waals surface area (Å²) >= 11 is 0. The minimum absolute atomic E-state index is 0.0141. The Morgan fingerprint density at radius 3 is 2.37 bits per heavy atom. The monoisotopic (exact) mass is 266 g/mol. The molecule has 0 radical (unpaired) electrons. The van der Waals surface area contributed by atoms with Gasteiger partial charge in [-0.2, -0.15) is 0 Å². The van der Waals surface area contributed by atoms with Crippen molar-refractivity contribution in [3.8, 4) is 0 Å². The van der Waals surface area contributed by atoms with Crippen LogP contribution < -0.4 is 5.32 Å². The first-order valence-electron chi connectivity index (χ1n) is 7.56. The summed E-state index contributed by atoms with van der Waals surface area (Å²) in [5, 5.41) is 2.93. The Morgan fingerprint density at radius 1 is 1.32 bits per heavy atom. The summed E-state index contributed by atoms with van der Waals surface area (Å²) in [7, 11) is 0. The summed E-state index contributed by atoms with van der Waals surface area (Å²) in [6.45, 7) is 7.88. The van der Waals surface area contributed by atoms with Crippen molar-refractivity contribution in [3.63, 3.8) is 0 Å². The van der Waals surface area contributed by atoms with Crippen molar-refractivity contribution in [2.45, 2.75) is 77.4 Å². The highest BCUT2D eigenvalue weighted by molar-refractivity contribution is 5.99. The molecule has 0 aromatic rings. The Hall–Kier alpha value is -1.06. The lowest BCUT2D eigenvalue weighted by Crippen LogP contribution is -2.72. The van der Waals surface area contributed by atoms with Crippen LogP contribution in [0.15, 0.2) is 0 Å². The Bertz CT molecular complexity index is 374. The predicted molar refractivity (Wildman–Crippen MR) is 74.6 cm³/mol. The predicted octanol–water partition coefficient (Wildman–Crippen LogP) is 2.08. The lowest BCUT2D eigenvalue weighted by Gasteiger charge is -2.49. The summed E-state index contributed by atoms with van der Waals surface area (Å²) < 4.78 is 0. The molecule has 2 atom stereocenters. The van der Waals surface area contributed by atoms with E-state index in [-0.39, 0.29) is 29.8 Å². The van der Waals surface area contributed by atoms with Gasteiger partial charge in [0.2, 0.25) is 11.8 Å². The topological polar surface area (TPSA) is 49.4 Å². The van der Waals surface area contributed by atoms with Gasteiger partial charge in [-0.1, -0.05) is 33.6 Å². The molecule has 2 rings (SSSR count). The molecule has 1 aliphatic carbocycles. The third-order valence-corrected chi connectivity index (χ3v) is 4.86. The summed E-state index contributed by atoms with van der Waals surface area (Å²) in [5.41, 5.74) is -0.669. The van der Waals surface area contributed by atoms with E-state index in [0.717, 1.165) is 12.8 Å². The van der Waals surface area contributed by atoms with Crippen LogP contribution in [0.25, 0.3) is 0 Å². The van der Waals surface area contributed by atoms with E-state index in [1.165, 1.54) is 12.8 Å². The molecule has 108 valence electrons. The molecule has 2 unspecified atom stereocenters. The quantitative estimate of drug-likeness (QED) is 0.850. The highest BCUT2D eigenvalue weighted by Gasteiger charge is 2.51. The molecule has 0 aromatic heterocycles. The Morgan fingerprint density at radius 2 is 1.89 bits per heavy atom. The molecule has 0 aromatic carbocycles. The smallest absolute Gasteiger partial charge is 0.246 e. The molecule has 1 saturated carbocycles. The van der Waals surface area contributed by atoms with Gasteiger partial charge in [0.1, 0.15) is 11.6 Å². The molecule has 2 amide bonds. The fourth-order valence-electron chi connectivity index (χ4n) is 3.39. The van der Waals surface area contributed by atoms with Gasteiger partial charge in [-0.25, -0.2) is 0 Å². The molecule has 4 heteroatoms. The third kappa shape index (κ3) is 2.26. The van der Waals surface area contributed by atoms with Crippen LogP contribution in [0.5, 0.6) is 0 Å². The van der Waals surface area contributed by atoms with E-state index in [0.29, 0.717) is 6.42 Å². The minimum Gasteiger partial charge on any atom is -0.342 e. The van der Waals surface area contributed by atoms with Crippen molar-refractivity contribution in [2.75, 3.05) is 0 Å². The summed E-state index contributed by atoms with van der Waals surface area (Å²) in [5.74, 6) is 0.271. The van der Waals surface area contributed by atoms with Crippen LogP contribution in [0.1, 0.15) is 59.8 Å². The fourth-order valence-corrected chi connectivity index (χ4v) is 3.39. The normalized spacial score (nSPS) is 33.1. The summed E-state index contributed by atoms with van der Waals surface area (Å²) in [4.78, 5) is 27.2. The molecule has 1 N–H and O–H groups in total. The van der Waals surface area contributed by atoms with Crippen LogP contribution in [0.2, 0.25) is 0 Å². The summed E-state index contributed by atoms with van der Waals surface area (Å²) in [6, 6.07) is -0.0996. The van der Waals surface area contributed by atoms with Gasteiger partial charge >= 0.3 is 0 Å². The summed E-state index contributed by atoms with van der Waals surface area (Å²) in [6.07, 6.45) is 5.09. The standard InChI is InChI=1S/C15H26N2O2/c1-5-15(4)14(19)16-12(10(2)3)13(18)17(15)11-8-6-7-9-11/h10-12H,5-9H2,1-4H3,(H,16,19). The van der Waals surface area contributed by atoms with Crippen molar-refractivity contribution in [1.29, 1.82) is 0 Å². The Balaban J connectivity index is 2.35. The van der Waals surface area contributed by atoms with Crippen LogP contribution in [0.4, 0.5) is 0 Å². The molecule has 0 spiro atoms. The molecular formula is C15H26N2O2. The lowest BCUT2D eigenvalue weighted by molar-refractivity contribution is -0.161. The van der Waals surface area contributed by atoms with Crippen molar-refractivity contribution in [2.24, 2.45) is 5.92 Å². The average Bonchev–Trinajstić information content (AvgIpc) is 2.87. The number of rotatable bonds is 3. The van der Waals surface area contributed by atoms with Gasteiger partial charge in [-0.05, 0) is 32.1 Å². The molecule has 2 fully saturated rings. The zero-order valence-corrected chi connectivity index (χ0v) is 12.5. The van der Waals surface area contributed by atoms with Crippen LogP contribution >= 0.6 is 0 Å². The molecule has 1 aliphatic heterocycles. The lowest BCUT2D eigenvalue weighted by atomic mass is 9.86. The van der Waals surface area contributed by atoms with Gasteiger partial charge in [0.05, 0.1) is 0 Å². The van der Waals surface area contributed by atoms with Gasteiger partial charge in [0, 0.05) is 6.04 Å². The minimum atomic E-state index is -0.669. The van der Waals surface area contributed by atoms with Gasteiger partial charge in [0.15, 0.2) is 0 Å². The first-order chi connectivity index (χ1) is 8.91. The van der Waals surface area contributed by atoms with E-state index in [2.05, 4.69) is 5.32 Å². The highest BCUT2D eigenvalue weighted by atomic mass is 16.2. The first-order valence-corrected chi connectivity index (χ1v) is 7.56. The number of amides is 2.